The molecule has 0 fully saturated rings. The Labute approximate surface area is 212 Å². The molecule has 8 nitrogen and oxygen atoms in total. The molecule has 0 unspecified atom stereocenters. The molecule has 0 rings (SSSR count). The molecule has 0 aliphatic carbocycles. The van der Waals surface area contributed by atoms with E-state index in [1.165, 1.54) is 0 Å². The lowest BCUT2D eigenvalue weighted by molar-refractivity contribution is 0.257. The maximum absolute atomic E-state index is 5.08. The van der Waals surface area contributed by atoms with Gasteiger partial charge in [-0.15, -0.1) is 0 Å². The fraction of sp³-hybridized carbons (Fsp3) is 1.00. The van der Waals surface area contributed by atoms with Crippen molar-refractivity contribution in [1.29, 1.82) is 0 Å². The summed E-state index contributed by atoms with van der Waals surface area (Å²) in [4.78, 5) is 0. The summed E-state index contributed by atoms with van der Waals surface area (Å²) >= 11 is 0. The van der Waals surface area contributed by atoms with E-state index in [1.54, 1.807) is 56.9 Å². The molecule has 0 heterocycles. The Morgan fingerprint density at radius 3 is 0.333 bits per heavy atom. The molecule has 33 heavy (non-hydrogen) atoms. The molecular weight excluding hydrogens is 509 g/mol. The minimum absolute atomic E-state index is 1.13. The lowest BCUT2D eigenvalue weighted by Gasteiger charge is -2.15. The molecule has 0 aliphatic rings. The van der Waals surface area contributed by atoms with Crippen molar-refractivity contribution in [2.45, 2.75) is 78.6 Å². The maximum atomic E-state index is 5.08. The molecule has 0 amide bonds. The van der Waals surface area contributed by atoms with Gasteiger partial charge in [0, 0.05) is 56.9 Å². The van der Waals surface area contributed by atoms with Gasteiger partial charge in [0.05, 0.1) is 0 Å². The Morgan fingerprint density at radius 1 is 0.242 bits per heavy atom. The zero-order valence-electron chi connectivity index (χ0n) is 25.8. The van der Waals surface area contributed by atoms with E-state index >= 15 is 0 Å². The molecule has 208 valence electrons. The van der Waals surface area contributed by atoms with Crippen LogP contribution in [-0.2, 0) is 35.4 Å². The van der Waals surface area contributed by atoms with Crippen LogP contribution >= 0.6 is 0 Å². The zero-order valence-corrected chi connectivity index (χ0v) is 30.8. The third kappa shape index (κ3) is 50.6. The second-order valence-electron chi connectivity index (χ2n) is 10.1. The van der Waals surface area contributed by atoms with Crippen molar-refractivity contribution in [3.8, 4) is 0 Å². The van der Waals surface area contributed by atoms with E-state index in [-0.39, 0.29) is 0 Å². The Kier molecular flexibility index (Phi) is 29.2. The third-order valence-corrected chi connectivity index (χ3v) is 12.5. The van der Waals surface area contributed by atoms with Crippen LogP contribution < -0.4 is 0 Å². The summed E-state index contributed by atoms with van der Waals surface area (Å²) < 4.78 is 40.2. The van der Waals surface area contributed by atoms with Crippen molar-refractivity contribution in [2.24, 2.45) is 0 Å². The van der Waals surface area contributed by atoms with E-state index in [1.807, 2.05) is 39.3 Å². The molecule has 0 spiro atoms. The van der Waals surface area contributed by atoms with Gasteiger partial charge >= 0.3 is 25.7 Å². The Bertz CT molecular complexity index is 342. The van der Waals surface area contributed by atoms with E-state index in [0.29, 0.717) is 0 Å². The fourth-order valence-electron chi connectivity index (χ4n) is 0.250. The summed E-state index contributed by atoms with van der Waals surface area (Å²) in [7, 11) is 6.38. The average Bonchev–Trinajstić information content (AvgIpc) is 2.74. The summed E-state index contributed by atoms with van der Waals surface area (Å²) in [6.45, 7) is 24.9. The van der Waals surface area contributed by atoms with Gasteiger partial charge in [0.2, 0.25) is 0 Å². The molecule has 0 aromatic carbocycles. The molecule has 13 heteroatoms. The highest BCUT2D eigenvalue weighted by Crippen LogP contribution is 2.01. The Balaban J connectivity index is -0.0000000992. The second-order valence-corrected chi connectivity index (χ2v) is 30.2. The first-order chi connectivity index (χ1) is 14.5. The predicted molar refractivity (Wildman–Crippen MR) is 155 cm³/mol. The molecule has 0 aliphatic heterocycles. The van der Waals surface area contributed by atoms with E-state index in [9.17, 15) is 0 Å². The Hall–Kier alpha value is 0.764. The normalized spacial score (nSPS) is 12.0. The van der Waals surface area contributed by atoms with E-state index in [0.717, 1.165) is 0 Å². The smallest absolute Gasteiger partial charge is 0.331 e. The van der Waals surface area contributed by atoms with Crippen molar-refractivity contribution >= 4 is 42.3 Å². The standard InChI is InChI=1S/3C4H12O2Si.2C4H12OSi/c3*1-5-7(3,4)6-2;2*1-5-6(2,3)4/h3*1-4H3;2*1-4H3. The van der Waals surface area contributed by atoms with Crippen LogP contribution in [0.4, 0.5) is 0 Å². The van der Waals surface area contributed by atoms with Crippen molar-refractivity contribution in [3.05, 3.63) is 0 Å². The molecule has 0 saturated heterocycles. The van der Waals surface area contributed by atoms with Gasteiger partial charge in [-0.05, 0) is 78.6 Å². The van der Waals surface area contributed by atoms with Crippen LogP contribution in [0.5, 0.6) is 0 Å². The molecule has 0 N–H and O–H groups in total. The number of rotatable bonds is 8. The summed E-state index contributed by atoms with van der Waals surface area (Å²) in [5, 5.41) is 0. The van der Waals surface area contributed by atoms with E-state index < -0.39 is 42.3 Å². The number of hydrogen-bond donors (Lipinski definition) is 0. The first kappa shape index (κ1) is 43.8. The first-order valence-electron chi connectivity index (χ1n) is 10.9. The van der Waals surface area contributed by atoms with Gasteiger partial charge in [-0.25, -0.2) is 0 Å². The largest absolute Gasteiger partial charge is 0.421 e. The van der Waals surface area contributed by atoms with Gasteiger partial charge in [-0.2, -0.15) is 0 Å². The lowest BCUT2D eigenvalue weighted by atomic mass is 11.8. The molecule has 0 bridgehead atoms. The maximum Gasteiger partial charge on any atom is 0.331 e. The SMILES string of the molecule is CO[Si](C)(C)C.CO[Si](C)(C)C.CO[Si](C)(C)OC.CO[Si](C)(C)OC.CO[Si](C)(C)OC. The van der Waals surface area contributed by atoms with Crippen molar-refractivity contribution < 1.29 is 35.4 Å². The second kappa shape index (κ2) is 22.0. The van der Waals surface area contributed by atoms with Crippen LogP contribution in [0.3, 0.4) is 0 Å². The van der Waals surface area contributed by atoms with Crippen LogP contribution in [0.2, 0.25) is 78.6 Å². The highest BCUT2D eigenvalue weighted by molar-refractivity contribution is 6.70. The van der Waals surface area contributed by atoms with E-state index in [2.05, 4.69) is 39.3 Å². The van der Waals surface area contributed by atoms with Crippen molar-refractivity contribution in [2.75, 3.05) is 56.9 Å². The van der Waals surface area contributed by atoms with Crippen LogP contribution in [0.1, 0.15) is 0 Å². The third-order valence-electron chi connectivity index (χ3n) is 4.17. The summed E-state index contributed by atoms with van der Waals surface area (Å²) in [5.74, 6) is 0. The highest BCUT2D eigenvalue weighted by atomic mass is 28.4. The fourth-order valence-corrected chi connectivity index (χ4v) is 0.750. The van der Waals surface area contributed by atoms with Crippen LogP contribution in [0.25, 0.3) is 0 Å². The molecule has 0 atom stereocenters. The lowest BCUT2D eigenvalue weighted by Crippen LogP contribution is -2.31. The van der Waals surface area contributed by atoms with Gasteiger partial charge in [0.15, 0.2) is 16.6 Å². The Morgan fingerprint density at radius 2 is 0.333 bits per heavy atom. The monoisotopic (exact) mass is 568 g/mol. The molecular formula is C20H60O8Si5. The van der Waals surface area contributed by atoms with Crippen LogP contribution in [0.15, 0.2) is 0 Å². The molecule has 0 aromatic heterocycles. The minimum atomic E-state index is -1.65. The van der Waals surface area contributed by atoms with Crippen molar-refractivity contribution in [3.63, 3.8) is 0 Å². The van der Waals surface area contributed by atoms with Gasteiger partial charge in [0.25, 0.3) is 0 Å². The van der Waals surface area contributed by atoms with Crippen LogP contribution in [0, 0.1) is 0 Å². The highest BCUT2D eigenvalue weighted by Gasteiger charge is 2.20. The number of hydrogen-bond acceptors (Lipinski definition) is 8. The topological polar surface area (TPSA) is 73.8 Å². The van der Waals surface area contributed by atoms with Crippen LogP contribution in [-0.4, -0.2) is 99.2 Å². The average molecular weight is 569 g/mol. The quantitative estimate of drug-likeness (QED) is 0.336. The zero-order chi connectivity index (χ0) is 28.2. The molecule has 0 saturated carbocycles. The van der Waals surface area contributed by atoms with Gasteiger partial charge in [0.1, 0.15) is 0 Å². The molecule has 0 aromatic rings. The van der Waals surface area contributed by atoms with E-state index in [4.69, 9.17) is 35.4 Å². The minimum Gasteiger partial charge on any atom is -0.421 e. The van der Waals surface area contributed by atoms with Gasteiger partial charge < -0.3 is 35.4 Å². The van der Waals surface area contributed by atoms with Gasteiger partial charge in [-0.1, -0.05) is 0 Å². The van der Waals surface area contributed by atoms with Crippen molar-refractivity contribution in [1.82, 2.24) is 0 Å². The summed E-state index contributed by atoms with van der Waals surface area (Å²) in [6, 6.07) is 0. The molecule has 0 radical (unpaired) electrons. The summed E-state index contributed by atoms with van der Waals surface area (Å²) in [5.41, 5.74) is 0. The first-order valence-corrected chi connectivity index (χ1v) is 26.2. The summed E-state index contributed by atoms with van der Waals surface area (Å²) in [6.07, 6.45) is 0. The van der Waals surface area contributed by atoms with Gasteiger partial charge in [-0.3, -0.25) is 0 Å². The predicted octanol–water partition coefficient (Wildman–Crippen LogP) is 5.88.